The first-order chi connectivity index (χ1) is 6.33. The summed E-state index contributed by atoms with van der Waals surface area (Å²) in [5, 5.41) is 0. The highest BCUT2D eigenvalue weighted by molar-refractivity contribution is 5.43. The van der Waals surface area contributed by atoms with Crippen molar-refractivity contribution in [3.63, 3.8) is 0 Å². The lowest BCUT2D eigenvalue weighted by atomic mass is 10.5. The van der Waals surface area contributed by atoms with Crippen molar-refractivity contribution in [1.82, 2.24) is 14.4 Å². The van der Waals surface area contributed by atoms with Crippen molar-refractivity contribution >= 4 is 5.65 Å². The van der Waals surface area contributed by atoms with E-state index >= 15 is 0 Å². The molecular formula is C9H11N3O. The molecule has 0 aliphatic rings. The summed E-state index contributed by atoms with van der Waals surface area (Å²) >= 11 is 0. The van der Waals surface area contributed by atoms with Gasteiger partial charge in [0.15, 0.2) is 5.65 Å². The van der Waals surface area contributed by atoms with E-state index in [4.69, 9.17) is 4.74 Å². The second-order valence-corrected chi connectivity index (χ2v) is 2.74. The largest absolute Gasteiger partial charge is 0.478 e. The molecule has 0 unspecified atom stereocenters. The predicted molar refractivity (Wildman–Crippen MR) is 48.9 cm³/mol. The topological polar surface area (TPSA) is 39.4 Å². The Morgan fingerprint density at radius 3 is 3.15 bits per heavy atom. The molecule has 0 saturated carbocycles. The Hall–Kier alpha value is -1.58. The number of imidazole rings is 1. The minimum absolute atomic E-state index is 0.650. The molecule has 0 aliphatic carbocycles. The molecule has 2 heterocycles. The molecular weight excluding hydrogens is 166 g/mol. The second-order valence-electron chi connectivity index (χ2n) is 2.74. The van der Waals surface area contributed by atoms with Gasteiger partial charge in [0.2, 0.25) is 5.88 Å². The van der Waals surface area contributed by atoms with Crippen molar-refractivity contribution < 1.29 is 4.74 Å². The zero-order valence-corrected chi connectivity index (χ0v) is 7.69. The molecule has 2 aromatic heterocycles. The SMILES string of the molecule is CCOc1c(C)nc2cnccn12. The van der Waals surface area contributed by atoms with Crippen LogP contribution in [0.1, 0.15) is 12.6 Å². The lowest BCUT2D eigenvalue weighted by molar-refractivity contribution is 0.321. The maximum Gasteiger partial charge on any atom is 0.221 e. The second kappa shape index (κ2) is 3.05. The van der Waals surface area contributed by atoms with Gasteiger partial charge in [0, 0.05) is 12.4 Å². The Morgan fingerprint density at radius 1 is 1.54 bits per heavy atom. The quantitative estimate of drug-likeness (QED) is 0.696. The fraction of sp³-hybridized carbons (Fsp3) is 0.333. The fourth-order valence-corrected chi connectivity index (χ4v) is 1.31. The summed E-state index contributed by atoms with van der Waals surface area (Å²) in [4.78, 5) is 8.30. The lowest BCUT2D eigenvalue weighted by Gasteiger charge is -2.02. The monoisotopic (exact) mass is 177 g/mol. The maximum atomic E-state index is 5.46. The number of hydrogen-bond acceptors (Lipinski definition) is 3. The van der Waals surface area contributed by atoms with Crippen LogP contribution in [0.4, 0.5) is 0 Å². The number of hydrogen-bond donors (Lipinski definition) is 0. The number of fused-ring (bicyclic) bond motifs is 1. The van der Waals surface area contributed by atoms with E-state index in [0.29, 0.717) is 6.61 Å². The van der Waals surface area contributed by atoms with Gasteiger partial charge in [0.1, 0.15) is 5.69 Å². The molecule has 0 N–H and O–H groups in total. The molecule has 0 bridgehead atoms. The zero-order chi connectivity index (χ0) is 9.26. The predicted octanol–water partition coefficient (Wildman–Crippen LogP) is 1.44. The van der Waals surface area contributed by atoms with Crippen molar-refractivity contribution in [1.29, 1.82) is 0 Å². The summed E-state index contributed by atoms with van der Waals surface area (Å²) in [5.41, 5.74) is 1.72. The Labute approximate surface area is 76.2 Å². The van der Waals surface area contributed by atoms with Crippen molar-refractivity contribution in [2.75, 3.05) is 6.61 Å². The van der Waals surface area contributed by atoms with Crippen LogP contribution in [0.25, 0.3) is 5.65 Å². The van der Waals surface area contributed by atoms with Gasteiger partial charge in [-0.1, -0.05) is 0 Å². The van der Waals surface area contributed by atoms with Crippen molar-refractivity contribution in [2.24, 2.45) is 0 Å². The molecule has 0 spiro atoms. The van der Waals surface area contributed by atoms with Crippen LogP contribution in [-0.4, -0.2) is 21.0 Å². The van der Waals surface area contributed by atoms with Crippen molar-refractivity contribution in [3.05, 3.63) is 24.3 Å². The van der Waals surface area contributed by atoms with Gasteiger partial charge < -0.3 is 4.74 Å². The molecule has 0 saturated heterocycles. The van der Waals surface area contributed by atoms with Gasteiger partial charge in [0.05, 0.1) is 12.8 Å². The summed E-state index contributed by atoms with van der Waals surface area (Å²) < 4.78 is 7.36. The Bertz CT molecular complexity index is 422. The molecule has 0 atom stereocenters. The number of nitrogens with zero attached hydrogens (tertiary/aromatic N) is 3. The Balaban J connectivity index is 2.64. The van der Waals surface area contributed by atoms with Gasteiger partial charge in [-0.2, -0.15) is 0 Å². The highest BCUT2D eigenvalue weighted by Crippen LogP contribution is 2.18. The van der Waals surface area contributed by atoms with E-state index in [2.05, 4.69) is 9.97 Å². The van der Waals surface area contributed by atoms with Crippen LogP contribution in [0.5, 0.6) is 5.88 Å². The standard InChI is InChI=1S/C9H11N3O/c1-3-13-9-7(2)11-8-6-10-4-5-12(8)9/h4-6H,3H2,1-2H3. The van der Waals surface area contributed by atoms with E-state index in [9.17, 15) is 0 Å². The smallest absolute Gasteiger partial charge is 0.221 e. The van der Waals surface area contributed by atoms with Crippen LogP contribution in [0.15, 0.2) is 18.6 Å². The summed E-state index contributed by atoms with van der Waals surface area (Å²) in [7, 11) is 0. The van der Waals surface area contributed by atoms with Crippen molar-refractivity contribution in [2.45, 2.75) is 13.8 Å². The third-order valence-corrected chi connectivity index (χ3v) is 1.83. The number of aromatic nitrogens is 3. The third-order valence-electron chi connectivity index (χ3n) is 1.83. The molecule has 0 amide bonds. The van der Waals surface area contributed by atoms with Crippen LogP contribution >= 0.6 is 0 Å². The molecule has 4 heteroatoms. The van der Waals surface area contributed by atoms with E-state index in [1.807, 2.05) is 24.4 Å². The van der Waals surface area contributed by atoms with Gasteiger partial charge >= 0.3 is 0 Å². The molecule has 0 fully saturated rings. The van der Waals surface area contributed by atoms with Crippen molar-refractivity contribution in [3.8, 4) is 5.88 Å². The van der Waals surface area contributed by atoms with Crippen LogP contribution in [0.2, 0.25) is 0 Å². The maximum absolute atomic E-state index is 5.46. The number of aryl methyl sites for hydroxylation is 1. The average molecular weight is 177 g/mol. The molecule has 68 valence electrons. The number of ether oxygens (including phenoxy) is 1. The fourth-order valence-electron chi connectivity index (χ4n) is 1.31. The first-order valence-electron chi connectivity index (χ1n) is 4.24. The summed E-state index contributed by atoms with van der Waals surface area (Å²) in [5.74, 6) is 0.805. The van der Waals surface area contributed by atoms with Crippen LogP contribution in [-0.2, 0) is 0 Å². The third kappa shape index (κ3) is 1.24. The highest BCUT2D eigenvalue weighted by Gasteiger charge is 2.07. The van der Waals surface area contributed by atoms with E-state index in [1.54, 1.807) is 12.4 Å². The van der Waals surface area contributed by atoms with Gasteiger partial charge in [-0.05, 0) is 13.8 Å². The van der Waals surface area contributed by atoms with E-state index in [0.717, 1.165) is 17.2 Å². The van der Waals surface area contributed by atoms with E-state index < -0.39 is 0 Å². The normalized spacial score (nSPS) is 10.6. The van der Waals surface area contributed by atoms with Gasteiger partial charge in [0.25, 0.3) is 0 Å². The molecule has 0 radical (unpaired) electrons. The molecule has 13 heavy (non-hydrogen) atoms. The van der Waals surface area contributed by atoms with Gasteiger partial charge in [-0.3, -0.25) is 9.38 Å². The molecule has 2 aromatic rings. The average Bonchev–Trinajstić information content (AvgIpc) is 2.44. The van der Waals surface area contributed by atoms with Gasteiger partial charge in [-0.15, -0.1) is 0 Å². The van der Waals surface area contributed by atoms with Crippen LogP contribution in [0.3, 0.4) is 0 Å². The highest BCUT2D eigenvalue weighted by atomic mass is 16.5. The molecule has 4 nitrogen and oxygen atoms in total. The summed E-state index contributed by atoms with van der Waals surface area (Å²) in [6, 6.07) is 0. The van der Waals surface area contributed by atoms with E-state index in [1.165, 1.54) is 0 Å². The lowest BCUT2D eigenvalue weighted by Crippen LogP contribution is -1.96. The minimum Gasteiger partial charge on any atom is -0.478 e. The zero-order valence-electron chi connectivity index (χ0n) is 7.69. The van der Waals surface area contributed by atoms with E-state index in [-0.39, 0.29) is 0 Å². The Morgan fingerprint density at radius 2 is 2.38 bits per heavy atom. The minimum atomic E-state index is 0.650. The summed E-state index contributed by atoms with van der Waals surface area (Å²) in [6.07, 6.45) is 5.28. The molecule has 0 aromatic carbocycles. The first-order valence-corrected chi connectivity index (χ1v) is 4.24. The first kappa shape index (κ1) is 8.04. The molecule has 0 aliphatic heterocycles. The Kier molecular flexibility index (Phi) is 1.88. The van der Waals surface area contributed by atoms with Crippen LogP contribution < -0.4 is 4.74 Å². The van der Waals surface area contributed by atoms with Crippen LogP contribution in [0, 0.1) is 6.92 Å². The van der Waals surface area contributed by atoms with Gasteiger partial charge in [-0.25, -0.2) is 4.98 Å². The summed E-state index contributed by atoms with van der Waals surface area (Å²) in [6.45, 7) is 4.54. The molecule has 2 rings (SSSR count). The number of rotatable bonds is 2.